The van der Waals surface area contributed by atoms with Crippen molar-refractivity contribution in [3.8, 4) is 0 Å². The van der Waals surface area contributed by atoms with Crippen molar-refractivity contribution in [2.24, 2.45) is 5.92 Å². The van der Waals surface area contributed by atoms with Gasteiger partial charge in [-0.15, -0.1) is 0 Å². The number of fused-ring (bicyclic) bond motifs is 1. The molecule has 0 aliphatic heterocycles. The molecule has 1 aliphatic rings. The van der Waals surface area contributed by atoms with Crippen molar-refractivity contribution in [1.29, 1.82) is 0 Å². The van der Waals surface area contributed by atoms with Gasteiger partial charge in [0, 0.05) is 5.92 Å². The summed E-state index contributed by atoms with van der Waals surface area (Å²) in [4.78, 5) is 35.1. The largest absolute Gasteiger partial charge is 0.347 e. The Morgan fingerprint density at radius 3 is 2.46 bits per heavy atom. The van der Waals surface area contributed by atoms with Crippen molar-refractivity contribution in [2.45, 2.75) is 19.3 Å². The van der Waals surface area contributed by atoms with E-state index in [0.29, 0.717) is 0 Å². The molecule has 0 unspecified atom stereocenters. The van der Waals surface area contributed by atoms with Crippen LogP contribution in [0.3, 0.4) is 0 Å². The molecule has 0 heterocycles. The Labute approximate surface area is 139 Å². The van der Waals surface area contributed by atoms with Crippen LogP contribution < -0.4 is 16.2 Å². The molecule has 24 heavy (non-hydrogen) atoms. The minimum absolute atomic E-state index is 0.0197. The van der Waals surface area contributed by atoms with Crippen molar-refractivity contribution in [3.05, 3.63) is 48.0 Å². The summed E-state index contributed by atoms with van der Waals surface area (Å²) >= 11 is 0. The SMILES string of the molecule is O=C(Cc1cccc2ccccc12)NCC(=O)NNC(=O)C1CC1. The molecule has 3 rings (SSSR count). The zero-order chi connectivity index (χ0) is 16.9. The van der Waals surface area contributed by atoms with Crippen LogP contribution in [0.1, 0.15) is 18.4 Å². The highest BCUT2D eigenvalue weighted by Crippen LogP contribution is 2.28. The van der Waals surface area contributed by atoms with E-state index in [2.05, 4.69) is 16.2 Å². The van der Waals surface area contributed by atoms with Crippen molar-refractivity contribution >= 4 is 28.5 Å². The molecule has 6 heteroatoms. The number of rotatable bonds is 5. The molecule has 2 aromatic rings. The van der Waals surface area contributed by atoms with E-state index in [4.69, 9.17) is 0 Å². The highest BCUT2D eigenvalue weighted by atomic mass is 16.2. The molecular weight excluding hydrogens is 306 g/mol. The molecule has 1 fully saturated rings. The lowest BCUT2D eigenvalue weighted by Crippen LogP contribution is -2.47. The summed E-state index contributed by atoms with van der Waals surface area (Å²) < 4.78 is 0. The Balaban J connectivity index is 1.48. The molecule has 124 valence electrons. The van der Waals surface area contributed by atoms with E-state index in [-0.39, 0.29) is 30.7 Å². The third-order valence-electron chi connectivity index (χ3n) is 3.95. The molecule has 3 N–H and O–H groups in total. The monoisotopic (exact) mass is 325 g/mol. The van der Waals surface area contributed by atoms with E-state index in [0.717, 1.165) is 29.2 Å². The first kappa shape index (κ1) is 16.0. The molecule has 0 saturated heterocycles. The van der Waals surface area contributed by atoms with Gasteiger partial charge in [0.2, 0.25) is 11.8 Å². The third-order valence-corrected chi connectivity index (χ3v) is 3.95. The predicted octanol–water partition coefficient (Wildman–Crippen LogP) is 1.06. The molecule has 0 aromatic heterocycles. The average molecular weight is 325 g/mol. The third kappa shape index (κ3) is 4.10. The van der Waals surface area contributed by atoms with Crippen LogP contribution in [0.4, 0.5) is 0 Å². The minimum atomic E-state index is -0.449. The van der Waals surface area contributed by atoms with Crippen molar-refractivity contribution < 1.29 is 14.4 Å². The quantitative estimate of drug-likeness (QED) is 0.718. The normalized spacial score (nSPS) is 13.3. The standard InChI is InChI=1S/C18H19N3O3/c22-16(19-11-17(23)20-21-18(24)13-8-9-13)10-14-6-3-5-12-4-1-2-7-15(12)14/h1-7,13H,8-11H2,(H,19,22)(H,20,23)(H,21,24). The summed E-state index contributed by atoms with van der Waals surface area (Å²) in [5, 5.41) is 4.66. The molecule has 1 aliphatic carbocycles. The van der Waals surface area contributed by atoms with E-state index >= 15 is 0 Å². The summed E-state index contributed by atoms with van der Waals surface area (Å²) in [6.07, 6.45) is 1.93. The van der Waals surface area contributed by atoms with Gasteiger partial charge < -0.3 is 5.32 Å². The number of carbonyl (C=O) groups is 3. The minimum Gasteiger partial charge on any atom is -0.347 e. The Kier molecular flexibility index (Phi) is 4.74. The Morgan fingerprint density at radius 1 is 0.917 bits per heavy atom. The number of amides is 3. The lowest BCUT2D eigenvalue weighted by Gasteiger charge is -2.09. The van der Waals surface area contributed by atoms with Gasteiger partial charge in [-0.25, -0.2) is 0 Å². The van der Waals surface area contributed by atoms with Crippen LogP contribution in [0.5, 0.6) is 0 Å². The van der Waals surface area contributed by atoms with E-state index < -0.39 is 5.91 Å². The average Bonchev–Trinajstić information content (AvgIpc) is 3.43. The van der Waals surface area contributed by atoms with Gasteiger partial charge in [-0.2, -0.15) is 0 Å². The Hall–Kier alpha value is -2.89. The molecule has 3 amide bonds. The van der Waals surface area contributed by atoms with Crippen LogP contribution in [0, 0.1) is 5.92 Å². The second-order valence-electron chi connectivity index (χ2n) is 5.90. The van der Waals surface area contributed by atoms with Crippen LogP contribution in [-0.2, 0) is 20.8 Å². The van der Waals surface area contributed by atoms with Gasteiger partial charge in [-0.1, -0.05) is 42.5 Å². The van der Waals surface area contributed by atoms with Gasteiger partial charge in [0.1, 0.15) is 0 Å². The van der Waals surface area contributed by atoms with Crippen molar-refractivity contribution in [3.63, 3.8) is 0 Å². The van der Waals surface area contributed by atoms with Gasteiger partial charge in [-0.3, -0.25) is 25.2 Å². The van der Waals surface area contributed by atoms with E-state index in [9.17, 15) is 14.4 Å². The van der Waals surface area contributed by atoms with Crippen LogP contribution >= 0.6 is 0 Å². The first-order valence-electron chi connectivity index (χ1n) is 7.95. The fourth-order valence-corrected chi connectivity index (χ4v) is 2.48. The fraction of sp³-hybridized carbons (Fsp3) is 0.278. The summed E-state index contributed by atoms with van der Waals surface area (Å²) in [6, 6.07) is 13.6. The van der Waals surface area contributed by atoms with Crippen molar-refractivity contribution in [2.75, 3.05) is 6.54 Å². The maximum Gasteiger partial charge on any atom is 0.257 e. The van der Waals surface area contributed by atoms with Gasteiger partial charge in [-0.05, 0) is 29.2 Å². The highest BCUT2D eigenvalue weighted by molar-refractivity contribution is 5.92. The van der Waals surface area contributed by atoms with Crippen molar-refractivity contribution in [1.82, 2.24) is 16.2 Å². The van der Waals surface area contributed by atoms with E-state index in [1.54, 1.807) is 0 Å². The molecule has 2 aromatic carbocycles. The fourth-order valence-electron chi connectivity index (χ4n) is 2.48. The van der Waals surface area contributed by atoms with Gasteiger partial charge in [0.25, 0.3) is 5.91 Å². The maximum atomic E-state index is 12.0. The van der Waals surface area contributed by atoms with E-state index in [1.165, 1.54) is 0 Å². The zero-order valence-corrected chi connectivity index (χ0v) is 13.2. The number of hydrogen-bond donors (Lipinski definition) is 3. The highest BCUT2D eigenvalue weighted by Gasteiger charge is 2.29. The lowest BCUT2D eigenvalue weighted by molar-refractivity contribution is -0.130. The zero-order valence-electron chi connectivity index (χ0n) is 13.2. The Bertz CT molecular complexity index is 779. The van der Waals surface area contributed by atoms with Crippen LogP contribution in [-0.4, -0.2) is 24.3 Å². The molecule has 0 spiro atoms. The van der Waals surface area contributed by atoms with Gasteiger partial charge in [0.05, 0.1) is 13.0 Å². The molecule has 6 nitrogen and oxygen atoms in total. The summed E-state index contributed by atoms with van der Waals surface area (Å²) in [7, 11) is 0. The second-order valence-corrected chi connectivity index (χ2v) is 5.90. The van der Waals surface area contributed by atoms with Gasteiger partial charge in [0.15, 0.2) is 0 Å². The molecule has 0 radical (unpaired) electrons. The number of hydrogen-bond acceptors (Lipinski definition) is 3. The van der Waals surface area contributed by atoms with Crippen LogP contribution in [0.2, 0.25) is 0 Å². The number of benzene rings is 2. The maximum absolute atomic E-state index is 12.0. The van der Waals surface area contributed by atoms with Crippen LogP contribution in [0.15, 0.2) is 42.5 Å². The molecule has 0 bridgehead atoms. The lowest BCUT2D eigenvalue weighted by atomic mass is 10.0. The smallest absolute Gasteiger partial charge is 0.257 e. The number of carbonyl (C=O) groups excluding carboxylic acids is 3. The van der Waals surface area contributed by atoms with Gasteiger partial charge >= 0.3 is 0 Å². The first-order chi connectivity index (χ1) is 11.6. The predicted molar refractivity (Wildman–Crippen MR) is 89.7 cm³/mol. The summed E-state index contributed by atoms with van der Waals surface area (Å²) in [5.74, 6) is -0.845. The molecule has 0 atom stereocenters. The first-order valence-corrected chi connectivity index (χ1v) is 7.95. The van der Waals surface area contributed by atoms with Crippen LogP contribution in [0.25, 0.3) is 10.8 Å². The van der Waals surface area contributed by atoms with E-state index in [1.807, 2.05) is 42.5 Å². The number of hydrazine groups is 1. The molecule has 1 saturated carbocycles. The summed E-state index contributed by atoms with van der Waals surface area (Å²) in [5.41, 5.74) is 5.56. The number of nitrogens with one attached hydrogen (secondary N) is 3. The topological polar surface area (TPSA) is 87.3 Å². The summed E-state index contributed by atoms with van der Waals surface area (Å²) in [6.45, 7) is -0.172. The molecular formula is C18H19N3O3. The second kappa shape index (κ2) is 7.12. The Morgan fingerprint density at radius 2 is 1.67 bits per heavy atom.